The Kier molecular flexibility index (Phi) is 14.7. The number of H-pyrrole nitrogens is 1. The number of ether oxygens (including phenoxy) is 6. The predicted molar refractivity (Wildman–Crippen MR) is 218 cm³/mol. The molecule has 0 fully saturated rings. The molecule has 4 heterocycles. The van der Waals surface area contributed by atoms with Crippen LogP contribution >= 0.6 is 57.5 Å². The van der Waals surface area contributed by atoms with Gasteiger partial charge in [0, 0.05) is 67.9 Å². The highest BCUT2D eigenvalue weighted by Gasteiger charge is 2.18. The molecule has 4 aromatic heterocycles. The van der Waals surface area contributed by atoms with Crippen LogP contribution < -0.4 is 14.9 Å². The third-order valence-electron chi connectivity index (χ3n) is 8.11. The molecule has 0 atom stereocenters. The van der Waals surface area contributed by atoms with Crippen LogP contribution in [-0.2, 0) is 18.9 Å². The Bertz CT molecular complexity index is 2250. The van der Waals surface area contributed by atoms with Gasteiger partial charge >= 0.3 is 0 Å². The number of halogens is 3. The number of nitrogens with zero attached hydrogens (tertiary/aromatic N) is 3. The van der Waals surface area contributed by atoms with Crippen molar-refractivity contribution < 1.29 is 28.4 Å². The second-order valence-corrected chi connectivity index (χ2v) is 15.4. The largest absolute Gasteiger partial charge is 0.487 e. The van der Waals surface area contributed by atoms with Crippen molar-refractivity contribution in [1.29, 1.82) is 0 Å². The molecule has 0 radical (unpaired) electrons. The van der Waals surface area contributed by atoms with Gasteiger partial charge in [-0.05, 0) is 30.3 Å². The maximum absolute atomic E-state index is 12.6. The van der Waals surface area contributed by atoms with Crippen LogP contribution in [0.2, 0.25) is 15.1 Å². The number of hydrogen-bond donors (Lipinski definition) is 1. The van der Waals surface area contributed by atoms with Crippen LogP contribution in [-0.4, -0.2) is 74.2 Å². The number of benzene rings is 2. The molecule has 6 aromatic rings. The molecule has 0 amide bonds. The molecule has 1 N–H and O–H groups in total. The molecule has 0 aliphatic carbocycles. The van der Waals surface area contributed by atoms with Crippen molar-refractivity contribution >= 4 is 79.3 Å². The fourth-order valence-electron chi connectivity index (χ4n) is 5.08. The van der Waals surface area contributed by atoms with E-state index in [2.05, 4.69) is 42.6 Å². The number of pyridine rings is 2. The van der Waals surface area contributed by atoms with E-state index in [1.807, 2.05) is 22.9 Å². The Hall–Kier alpha value is -3.37. The maximum Gasteiger partial charge on any atom is 0.191 e. The minimum Gasteiger partial charge on any atom is -0.487 e. The Morgan fingerprint density at radius 1 is 0.667 bits per heavy atom. The molecule has 0 spiro atoms. The van der Waals surface area contributed by atoms with Crippen LogP contribution in [0.5, 0.6) is 11.5 Å². The highest BCUT2D eigenvalue weighted by molar-refractivity contribution is 7.10. The first-order chi connectivity index (χ1) is 25.9. The minimum absolute atomic E-state index is 0.127. The lowest BCUT2D eigenvalue weighted by atomic mass is 10.1. The molecule has 0 saturated heterocycles. The first-order valence-electron chi connectivity index (χ1n) is 16.8. The molecule has 0 saturated carbocycles. The summed E-state index contributed by atoms with van der Waals surface area (Å²) in [5, 5.41) is 8.51. The van der Waals surface area contributed by atoms with Crippen LogP contribution in [0.3, 0.4) is 0 Å². The highest BCUT2D eigenvalue weighted by Crippen LogP contribution is 2.38. The number of thiazole rings is 2. The zero-order valence-corrected chi connectivity index (χ0v) is 34.9. The molecular formula is C38H41Cl3N4O7S2. The third kappa shape index (κ3) is 9.70. The minimum atomic E-state index is -0.508. The van der Waals surface area contributed by atoms with Crippen LogP contribution in [0.15, 0.2) is 52.0 Å². The maximum atomic E-state index is 12.6. The van der Waals surface area contributed by atoms with E-state index in [1.165, 1.54) is 14.2 Å². The number of fused-ring (bicyclic) bond motifs is 2. The fraction of sp³-hybridized carbons (Fsp3) is 0.368. The number of aromatic amines is 1. The van der Waals surface area contributed by atoms with E-state index in [0.29, 0.717) is 66.2 Å². The molecule has 6 rings (SSSR count). The number of aromatic nitrogens is 4. The van der Waals surface area contributed by atoms with Crippen molar-refractivity contribution in [3.63, 3.8) is 0 Å². The summed E-state index contributed by atoms with van der Waals surface area (Å²) in [7, 11) is 6.16. The third-order valence-corrected chi connectivity index (χ3v) is 11.5. The predicted octanol–water partition coefficient (Wildman–Crippen LogP) is 10.2. The monoisotopic (exact) mass is 834 g/mol. The molecule has 0 bridgehead atoms. The molecule has 2 aromatic carbocycles. The average molecular weight is 836 g/mol. The molecule has 0 aliphatic heterocycles. The van der Waals surface area contributed by atoms with Gasteiger partial charge in [-0.25, -0.2) is 15.0 Å². The Morgan fingerprint density at radius 3 is 1.72 bits per heavy atom. The number of nitrogens with one attached hydrogen (secondary N) is 1. The number of rotatable bonds is 14. The van der Waals surface area contributed by atoms with E-state index < -0.39 is 12.6 Å². The highest BCUT2D eigenvalue weighted by atomic mass is 35.5. The second kappa shape index (κ2) is 19.0. The van der Waals surface area contributed by atoms with Gasteiger partial charge in [-0.2, -0.15) is 0 Å². The number of hydrogen-bond acceptors (Lipinski definition) is 12. The molecule has 288 valence electrons. The van der Waals surface area contributed by atoms with Crippen molar-refractivity contribution in [2.24, 2.45) is 0 Å². The lowest BCUT2D eigenvalue weighted by Crippen LogP contribution is -2.22. The van der Waals surface area contributed by atoms with Gasteiger partial charge in [0.15, 0.2) is 18.0 Å². The first-order valence-corrected chi connectivity index (χ1v) is 19.7. The summed E-state index contributed by atoms with van der Waals surface area (Å²) in [6.07, 6.45) is -0.990. The summed E-state index contributed by atoms with van der Waals surface area (Å²) in [5.41, 5.74) is 3.78. The lowest BCUT2D eigenvalue weighted by Gasteiger charge is -2.16. The Morgan fingerprint density at radius 2 is 1.19 bits per heavy atom. The second-order valence-electron chi connectivity index (χ2n) is 12.5. The van der Waals surface area contributed by atoms with Crippen molar-refractivity contribution in [2.45, 2.75) is 52.1 Å². The average Bonchev–Trinajstić information content (AvgIpc) is 3.87. The molecule has 0 unspecified atom stereocenters. The normalized spacial score (nSPS) is 11.7. The number of methoxy groups -OCH3 is 4. The van der Waals surface area contributed by atoms with E-state index in [0.717, 1.165) is 26.8 Å². The molecule has 11 nitrogen and oxygen atoms in total. The van der Waals surface area contributed by atoms with Gasteiger partial charge in [-0.1, -0.05) is 62.5 Å². The zero-order valence-electron chi connectivity index (χ0n) is 31.0. The summed E-state index contributed by atoms with van der Waals surface area (Å²) in [5.74, 6) is 1.62. The Labute approximate surface area is 336 Å². The summed E-state index contributed by atoms with van der Waals surface area (Å²) in [6.45, 7) is 8.76. The van der Waals surface area contributed by atoms with Crippen LogP contribution in [0.25, 0.3) is 44.6 Å². The first kappa shape index (κ1) is 41.8. The molecule has 16 heteroatoms. The summed E-state index contributed by atoms with van der Waals surface area (Å²) in [6, 6.07) is 10.3. The van der Waals surface area contributed by atoms with Gasteiger partial charge in [0.05, 0.1) is 48.8 Å². The fourth-order valence-corrected chi connectivity index (χ4v) is 7.53. The van der Waals surface area contributed by atoms with Gasteiger partial charge in [-0.3, -0.25) is 4.79 Å². The SMILES string of the molecule is COC(COc1ccc2c(=O)cc(-c3csc(C(C)C)n3)[nH]c2c1Cl)OC.COC(COc1ccc2c(Cl)cc(-c3csc(C(C)C)n3)nc2c1Cl)OC. The molecule has 0 aliphatic rings. The van der Waals surface area contributed by atoms with Gasteiger partial charge in [0.1, 0.15) is 34.8 Å². The Balaban J connectivity index is 0.000000208. The van der Waals surface area contributed by atoms with Gasteiger partial charge < -0.3 is 33.4 Å². The van der Waals surface area contributed by atoms with E-state index >= 15 is 0 Å². The molecule has 54 heavy (non-hydrogen) atoms. The smallest absolute Gasteiger partial charge is 0.191 e. The van der Waals surface area contributed by atoms with Crippen molar-refractivity contribution in [3.05, 3.63) is 82.5 Å². The topological polar surface area (TPSA) is 127 Å². The van der Waals surface area contributed by atoms with Crippen molar-refractivity contribution in [2.75, 3.05) is 41.7 Å². The summed E-state index contributed by atoms with van der Waals surface area (Å²) < 4.78 is 31.9. The van der Waals surface area contributed by atoms with Crippen LogP contribution in [0.1, 0.15) is 49.5 Å². The standard InChI is InChI=1S/C19H20Cl2N2O3S.C19H21ClN2O4S/c1-10(2)19-23-14(9-27-19)13-7-12(20)11-5-6-15(17(21)18(11)22-13)26-8-16(24-3)25-4;1-10(2)19-22-13(9-27-19)12-7-14(23)11-5-6-15(17(20)18(11)21-12)26-8-16(24-3)25-4/h5-7,9-10,16H,8H2,1-4H3;5-7,9-10,16H,8H2,1-4H3,(H,21,23). The van der Waals surface area contributed by atoms with Crippen molar-refractivity contribution in [3.8, 4) is 34.3 Å². The summed E-state index contributed by atoms with van der Waals surface area (Å²) in [4.78, 5) is 29.7. The van der Waals surface area contributed by atoms with E-state index in [4.69, 9.17) is 68.2 Å². The van der Waals surface area contributed by atoms with Gasteiger partial charge in [-0.15, -0.1) is 22.7 Å². The van der Waals surface area contributed by atoms with E-state index in [1.54, 1.807) is 61.2 Å². The van der Waals surface area contributed by atoms with Crippen LogP contribution in [0.4, 0.5) is 0 Å². The van der Waals surface area contributed by atoms with Gasteiger partial charge in [0.2, 0.25) is 0 Å². The molecular weight excluding hydrogens is 795 g/mol. The van der Waals surface area contributed by atoms with Gasteiger partial charge in [0.25, 0.3) is 0 Å². The van der Waals surface area contributed by atoms with Crippen molar-refractivity contribution in [1.82, 2.24) is 19.9 Å². The quantitative estimate of drug-likeness (QED) is 0.106. The summed E-state index contributed by atoms with van der Waals surface area (Å²) >= 11 is 22.7. The zero-order chi connectivity index (χ0) is 39.1. The van der Waals surface area contributed by atoms with E-state index in [-0.39, 0.29) is 18.6 Å². The van der Waals surface area contributed by atoms with E-state index in [9.17, 15) is 4.79 Å². The van der Waals surface area contributed by atoms with Crippen LogP contribution in [0, 0.1) is 0 Å². The lowest BCUT2D eigenvalue weighted by molar-refractivity contribution is -0.122.